The third-order valence-electron chi connectivity index (χ3n) is 4.63. The molecule has 1 N–H and O–H groups in total. The molecule has 0 aliphatic heterocycles. The number of nitrogens with one attached hydrogen (secondary N) is 1. The topological polar surface area (TPSA) is 63.4 Å². The minimum absolute atomic E-state index is 0. The number of carbonyl (C=O) groups excluding carboxylic acids is 1. The van der Waals surface area contributed by atoms with Crippen molar-refractivity contribution in [3.05, 3.63) is 36.9 Å². The average molecular weight is 361 g/mol. The lowest BCUT2D eigenvalue weighted by Gasteiger charge is -2.22. The highest BCUT2D eigenvalue weighted by Gasteiger charge is 2.32. The van der Waals surface area contributed by atoms with Crippen LogP contribution in [0.15, 0.2) is 41.3 Å². The third kappa shape index (κ3) is 3.14. The first-order valence-electron chi connectivity index (χ1n) is 8.48. The summed E-state index contributed by atoms with van der Waals surface area (Å²) in [5.74, 6) is 2.04. The molecule has 0 radical (unpaired) electrons. The second-order valence-corrected chi connectivity index (χ2v) is 6.30. The smallest absolute Gasteiger partial charge is 0.412 e. The lowest BCUT2D eigenvalue weighted by Crippen LogP contribution is -3.00. The number of hydrogen-bond acceptors (Lipinski definition) is 4. The molecule has 1 fully saturated rings. The van der Waals surface area contributed by atoms with Crippen molar-refractivity contribution in [3.8, 4) is 11.5 Å². The van der Waals surface area contributed by atoms with Crippen LogP contribution in [-0.4, -0.2) is 21.3 Å². The Balaban J connectivity index is 0.00000182. The number of furan rings is 1. The SMILES string of the molecule is CC(=O)[n+]1c(-c2ccco2)c(NC2CCCCC2)n2cccnc21.[Cl-]. The van der Waals surface area contributed by atoms with Crippen molar-refractivity contribution in [1.82, 2.24) is 9.38 Å². The zero-order valence-electron chi connectivity index (χ0n) is 14.1. The predicted molar refractivity (Wildman–Crippen MR) is 89.9 cm³/mol. The first kappa shape index (κ1) is 17.5. The fourth-order valence-corrected chi connectivity index (χ4v) is 3.54. The molecule has 0 bridgehead atoms. The number of halogens is 1. The molecule has 25 heavy (non-hydrogen) atoms. The van der Waals surface area contributed by atoms with Gasteiger partial charge in [0.1, 0.15) is 6.20 Å². The van der Waals surface area contributed by atoms with E-state index in [4.69, 9.17) is 4.42 Å². The van der Waals surface area contributed by atoms with E-state index in [1.165, 1.54) is 19.3 Å². The van der Waals surface area contributed by atoms with Crippen molar-refractivity contribution in [2.24, 2.45) is 0 Å². The van der Waals surface area contributed by atoms with Crippen LogP contribution in [0.3, 0.4) is 0 Å². The van der Waals surface area contributed by atoms with Gasteiger partial charge in [0, 0.05) is 19.0 Å². The first-order valence-corrected chi connectivity index (χ1v) is 8.48. The minimum Gasteiger partial charge on any atom is -1.00 e. The molecule has 4 rings (SSSR count). The summed E-state index contributed by atoms with van der Waals surface area (Å²) in [6.45, 7) is 1.55. The molecule has 1 saturated carbocycles. The number of anilines is 1. The van der Waals surface area contributed by atoms with E-state index >= 15 is 0 Å². The van der Waals surface area contributed by atoms with Gasteiger partial charge in [-0.15, -0.1) is 0 Å². The Labute approximate surface area is 152 Å². The summed E-state index contributed by atoms with van der Waals surface area (Å²) in [6.07, 6.45) is 11.3. The number of nitrogens with zero attached hydrogens (tertiary/aromatic N) is 3. The van der Waals surface area contributed by atoms with Gasteiger partial charge in [0.2, 0.25) is 11.5 Å². The van der Waals surface area contributed by atoms with E-state index in [9.17, 15) is 4.79 Å². The average Bonchev–Trinajstić information content (AvgIpc) is 3.22. The van der Waals surface area contributed by atoms with E-state index in [0.29, 0.717) is 17.6 Å². The molecule has 0 unspecified atom stereocenters. The van der Waals surface area contributed by atoms with Crippen LogP contribution < -0.4 is 22.3 Å². The van der Waals surface area contributed by atoms with E-state index in [1.807, 2.05) is 28.8 Å². The molecule has 3 heterocycles. The number of rotatable bonds is 3. The molecule has 132 valence electrons. The maximum absolute atomic E-state index is 12.3. The Kier molecular flexibility index (Phi) is 5.08. The molecule has 3 aromatic rings. The summed E-state index contributed by atoms with van der Waals surface area (Å²) in [6, 6.07) is 5.99. The van der Waals surface area contributed by atoms with Crippen LogP contribution in [0.5, 0.6) is 0 Å². The van der Waals surface area contributed by atoms with Crippen LogP contribution in [0, 0.1) is 0 Å². The van der Waals surface area contributed by atoms with Gasteiger partial charge in [-0.25, -0.2) is 0 Å². The molecule has 0 amide bonds. The maximum atomic E-state index is 12.3. The summed E-state index contributed by atoms with van der Waals surface area (Å²) in [7, 11) is 0. The fourth-order valence-electron chi connectivity index (χ4n) is 3.54. The van der Waals surface area contributed by atoms with Crippen LogP contribution >= 0.6 is 0 Å². The first-order chi connectivity index (χ1) is 11.8. The van der Waals surface area contributed by atoms with Crippen molar-refractivity contribution in [2.75, 3.05) is 5.32 Å². The second kappa shape index (κ2) is 7.27. The standard InChI is InChI=1S/C18H21N4O2.ClH/c1-13(23)22-16(15-9-5-12-24-15)17(20-14-7-3-2-4-8-14)21-11-6-10-19-18(21)22;/h5-6,9-12,14,20H,2-4,7-8H2,1H3;1H/q+1;/p-1. The van der Waals surface area contributed by atoms with Crippen molar-refractivity contribution >= 4 is 17.5 Å². The number of carbonyl (C=O) groups is 1. The molecule has 3 aromatic heterocycles. The van der Waals surface area contributed by atoms with E-state index in [1.54, 1.807) is 24.0 Å². The zero-order valence-corrected chi connectivity index (χ0v) is 14.9. The van der Waals surface area contributed by atoms with Crippen LogP contribution in [0.25, 0.3) is 17.2 Å². The van der Waals surface area contributed by atoms with Crippen molar-refractivity contribution in [3.63, 3.8) is 0 Å². The summed E-state index contributed by atoms with van der Waals surface area (Å²) < 4.78 is 9.17. The normalized spacial score (nSPS) is 15.1. The fraction of sp³-hybridized carbons (Fsp3) is 0.389. The van der Waals surface area contributed by atoms with Crippen molar-refractivity contribution in [2.45, 2.75) is 45.1 Å². The van der Waals surface area contributed by atoms with Gasteiger partial charge < -0.3 is 22.1 Å². The lowest BCUT2D eigenvalue weighted by atomic mass is 9.95. The maximum Gasteiger partial charge on any atom is 0.412 e. The Bertz CT molecular complexity index is 867. The van der Waals surface area contributed by atoms with Gasteiger partial charge >= 0.3 is 5.78 Å². The molecule has 7 heteroatoms. The molecule has 0 saturated heterocycles. The van der Waals surface area contributed by atoms with Gasteiger partial charge in [0.25, 0.3) is 5.91 Å². The molecular weight excluding hydrogens is 340 g/mol. The minimum atomic E-state index is -0.0886. The summed E-state index contributed by atoms with van der Waals surface area (Å²) in [5.41, 5.74) is 0.733. The van der Waals surface area contributed by atoms with Crippen molar-refractivity contribution in [1.29, 1.82) is 0 Å². The van der Waals surface area contributed by atoms with Gasteiger partial charge in [0.05, 0.1) is 12.5 Å². The highest BCUT2D eigenvalue weighted by atomic mass is 35.5. The second-order valence-electron chi connectivity index (χ2n) is 6.30. The number of aromatic nitrogens is 3. The van der Waals surface area contributed by atoms with Crippen LogP contribution in [0.1, 0.15) is 43.8 Å². The van der Waals surface area contributed by atoms with Gasteiger partial charge in [-0.2, -0.15) is 8.97 Å². The van der Waals surface area contributed by atoms with Crippen LogP contribution in [-0.2, 0) is 0 Å². The predicted octanol–water partition coefficient (Wildman–Crippen LogP) is 0.291. The Hall–Kier alpha value is -2.34. The van der Waals surface area contributed by atoms with Crippen LogP contribution in [0.2, 0.25) is 0 Å². The molecule has 6 nitrogen and oxygen atoms in total. The van der Waals surface area contributed by atoms with Crippen LogP contribution in [0.4, 0.5) is 5.82 Å². The van der Waals surface area contributed by atoms with Gasteiger partial charge in [-0.05, 0) is 25.0 Å². The molecule has 0 aromatic carbocycles. The van der Waals surface area contributed by atoms with Crippen molar-refractivity contribution < 1.29 is 26.2 Å². The summed E-state index contributed by atoms with van der Waals surface area (Å²) in [5, 5.41) is 3.65. The quantitative estimate of drug-likeness (QED) is 0.682. The summed E-state index contributed by atoms with van der Waals surface area (Å²) in [4.78, 5) is 16.7. The van der Waals surface area contributed by atoms with Gasteiger partial charge in [-0.1, -0.05) is 24.2 Å². The number of fused-ring (bicyclic) bond motifs is 1. The lowest BCUT2D eigenvalue weighted by molar-refractivity contribution is -0.535. The highest BCUT2D eigenvalue weighted by molar-refractivity contribution is 5.76. The molecular formula is C18H21ClN4O2. The van der Waals surface area contributed by atoms with E-state index in [0.717, 1.165) is 24.4 Å². The molecule has 1 aliphatic carbocycles. The number of imidazole rings is 1. The molecule has 0 spiro atoms. The van der Waals surface area contributed by atoms with Gasteiger partial charge in [-0.3, -0.25) is 4.79 Å². The van der Waals surface area contributed by atoms with E-state index < -0.39 is 0 Å². The Morgan fingerprint density at radius 2 is 2.12 bits per heavy atom. The van der Waals surface area contributed by atoms with E-state index in [2.05, 4.69) is 10.3 Å². The van der Waals surface area contributed by atoms with E-state index in [-0.39, 0.29) is 18.3 Å². The third-order valence-corrected chi connectivity index (χ3v) is 4.63. The monoisotopic (exact) mass is 360 g/mol. The summed E-state index contributed by atoms with van der Waals surface area (Å²) >= 11 is 0. The Morgan fingerprint density at radius 1 is 1.32 bits per heavy atom. The molecule has 0 atom stereocenters. The number of hydrogen-bond donors (Lipinski definition) is 1. The van der Waals surface area contributed by atoms with Gasteiger partial charge in [0.15, 0.2) is 5.76 Å². The largest absolute Gasteiger partial charge is 1.00 e. The molecule has 1 aliphatic rings. The Morgan fingerprint density at radius 3 is 2.80 bits per heavy atom. The zero-order chi connectivity index (χ0) is 16.5. The highest BCUT2D eigenvalue weighted by Crippen LogP contribution is 2.30.